The fraction of sp³-hybridized carbons (Fsp3) is 0.524. The number of hydrogen-bond donors (Lipinski definition) is 2. The summed E-state index contributed by atoms with van der Waals surface area (Å²) in [5, 5.41) is 7.94. The van der Waals surface area contributed by atoms with Crippen LogP contribution in [-0.2, 0) is 11.3 Å². The second-order valence-electron chi connectivity index (χ2n) is 7.16. The molecule has 2 aromatic rings. The summed E-state index contributed by atoms with van der Waals surface area (Å²) in [5.74, 6) is 1.25. The molecule has 3 rings (SSSR count). The molecule has 146 valence electrons. The molecule has 0 saturated carbocycles. The van der Waals surface area contributed by atoms with Crippen molar-refractivity contribution in [3.8, 4) is 0 Å². The summed E-state index contributed by atoms with van der Waals surface area (Å²) in [6.45, 7) is 8.65. The number of hydrogen-bond acceptors (Lipinski definition) is 4. The van der Waals surface area contributed by atoms with Crippen LogP contribution in [0.2, 0.25) is 0 Å². The average Bonchev–Trinajstić information content (AvgIpc) is 3.00. The van der Waals surface area contributed by atoms with Crippen molar-refractivity contribution < 1.29 is 4.74 Å². The Morgan fingerprint density at radius 2 is 2.00 bits per heavy atom. The van der Waals surface area contributed by atoms with Crippen LogP contribution in [0.4, 0.5) is 0 Å². The van der Waals surface area contributed by atoms with E-state index >= 15 is 0 Å². The highest BCUT2D eigenvalue weighted by atomic mass is 32.1. The number of thiazole rings is 1. The van der Waals surface area contributed by atoms with E-state index in [0.717, 1.165) is 42.7 Å². The SMILES string of the molecule is CN=C(NCc1nc(C)c(C)s1)NCC1CCCOC1c1ccc(C)cc1. The van der Waals surface area contributed by atoms with Crippen molar-refractivity contribution >= 4 is 17.3 Å². The van der Waals surface area contributed by atoms with Crippen molar-refractivity contribution in [2.24, 2.45) is 10.9 Å². The normalized spacial score (nSPS) is 20.5. The number of nitrogens with zero attached hydrogens (tertiary/aromatic N) is 2. The van der Waals surface area contributed by atoms with Gasteiger partial charge in [0, 0.05) is 31.0 Å². The Morgan fingerprint density at radius 3 is 2.67 bits per heavy atom. The maximum atomic E-state index is 6.12. The zero-order valence-corrected chi connectivity index (χ0v) is 17.5. The molecule has 27 heavy (non-hydrogen) atoms. The van der Waals surface area contributed by atoms with E-state index in [1.165, 1.54) is 16.0 Å². The molecule has 1 aliphatic heterocycles. The zero-order valence-electron chi connectivity index (χ0n) is 16.7. The van der Waals surface area contributed by atoms with Crippen molar-refractivity contribution in [2.75, 3.05) is 20.2 Å². The molecule has 1 aromatic heterocycles. The molecule has 2 atom stereocenters. The first kappa shape index (κ1) is 19.8. The van der Waals surface area contributed by atoms with Crippen LogP contribution in [0.1, 0.15) is 45.7 Å². The van der Waals surface area contributed by atoms with E-state index in [0.29, 0.717) is 12.5 Å². The standard InChI is InChI=1S/C21H30N4OS/c1-14-7-9-17(10-8-14)20-18(6-5-11-26-20)12-23-21(22-4)24-13-19-25-15(2)16(3)27-19/h7-10,18,20H,5-6,11-13H2,1-4H3,(H2,22,23,24). The molecule has 1 aliphatic rings. The van der Waals surface area contributed by atoms with Crippen molar-refractivity contribution in [1.82, 2.24) is 15.6 Å². The third-order valence-corrected chi connectivity index (χ3v) is 6.16. The van der Waals surface area contributed by atoms with Gasteiger partial charge in [-0.2, -0.15) is 0 Å². The van der Waals surface area contributed by atoms with Crippen molar-refractivity contribution in [3.63, 3.8) is 0 Å². The van der Waals surface area contributed by atoms with Gasteiger partial charge in [-0.25, -0.2) is 4.98 Å². The number of rotatable bonds is 5. The highest BCUT2D eigenvalue weighted by Crippen LogP contribution is 2.33. The lowest BCUT2D eigenvalue weighted by atomic mass is 9.89. The lowest BCUT2D eigenvalue weighted by molar-refractivity contribution is -0.0265. The Labute approximate surface area is 166 Å². The average molecular weight is 387 g/mol. The van der Waals surface area contributed by atoms with E-state index in [2.05, 4.69) is 65.6 Å². The zero-order chi connectivity index (χ0) is 19.2. The van der Waals surface area contributed by atoms with Crippen molar-refractivity contribution in [3.05, 3.63) is 51.0 Å². The van der Waals surface area contributed by atoms with Gasteiger partial charge in [0.05, 0.1) is 18.3 Å². The van der Waals surface area contributed by atoms with E-state index in [1.54, 1.807) is 11.3 Å². The van der Waals surface area contributed by atoms with Gasteiger partial charge in [-0.05, 0) is 39.2 Å². The number of aryl methyl sites for hydroxylation is 3. The molecule has 2 unspecified atom stereocenters. The molecule has 0 spiro atoms. The van der Waals surface area contributed by atoms with E-state index in [4.69, 9.17) is 4.74 Å². The lowest BCUT2D eigenvalue weighted by Crippen LogP contribution is -2.41. The molecule has 5 nitrogen and oxygen atoms in total. The summed E-state index contributed by atoms with van der Waals surface area (Å²) in [7, 11) is 1.81. The predicted molar refractivity (Wildman–Crippen MR) is 112 cm³/mol. The number of benzene rings is 1. The second-order valence-corrected chi connectivity index (χ2v) is 8.45. The third-order valence-electron chi connectivity index (χ3n) is 5.09. The van der Waals surface area contributed by atoms with Crippen LogP contribution in [0.25, 0.3) is 0 Å². The molecule has 0 bridgehead atoms. The molecule has 0 amide bonds. The fourth-order valence-corrected chi connectivity index (χ4v) is 4.27. The van der Waals surface area contributed by atoms with Crippen LogP contribution in [0.3, 0.4) is 0 Å². The smallest absolute Gasteiger partial charge is 0.191 e. The number of ether oxygens (including phenoxy) is 1. The summed E-state index contributed by atoms with van der Waals surface area (Å²) >= 11 is 1.74. The molecule has 2 heterocycles. The fourth-order valence-electron chi connectivity index (χ4n) is 3.40. The van der Waals surface area contributed by atoms with Gasteiger partial charge < -0.3 is 15.4 Å². The summed E-state index contributed by atoms with van der Waals surface area (Å²) in [5.41, 5.74) is 3.66. The van der Waals surface area contributed by atoms with Crippen molar-refractivity contribution in [1.29, 1.82) is 0 Å². The van der Waals surface area contributed by atoms with Gasteiger partial charge >= 0.3 is 0 Å². The van der Waals surface area contributed by atoms with Crippen LogP contribution in [0.15, 0.2) is 29.3 Å². The van der Waals surface area contributed by atoms with Crippen LogP contribution >= 0.6 is 11.3 Å². The molecule has 0 aliphatic carbocycles. The minimum atomic E-state index is 0.147. The highest BCUT2D eigenvalue weighted by molar-refractivity contribution is 7.11. The number of aromatic nitrogens is 1. The Hall–Kier alpha value is -1.92. The maximum Gasteiger partial charge on any atom is 0.191 e. The molecule has 0 radical (unpaired) electrons. The van der Waals surface area contributed by atoms with E-state index < -0.39 is 0 Å². The number of nitrogens with one attached hydrogen (secondary N) is 2. The summed E-state index contributed by atoms with van der Waals surface area (Å²) < 4.78 is 6.12. The van der Waals surface area contributed by atoms with E-state index in [9.17, 15) is 0 Å². The summed E-state index contributed by atoms with van der Waals surface area (Å²) in [6, 6.07) is 8.71. The predicted octanol–water partition coefficient (Wildman–Crippen LogP) is 3.90. The molecular formula is C21H30N4OS. The first-order chi connectivity index (χ1) is 13.1. The Balaban J connectivity index is 1.56. The van der Waals surface area contributed by atoms with Gasteiger partial charge in [0.15, 0.2) is 5.96 Å². The quantitative estimate of drug-likeness (QED) is 0.604. The van der Waals surface area contributed by atoms with Crippen molar-refractivity contribution in [2.45, 2.75) is 46.3 Å². The molecule has 6 heteroatoms. The minimum Gasteiger partial charge on any atom is -0.373 e. The Morgan fingerprint density at radius 1 is 1.22 bits per heavy atom. The Bertz CT molecular complexity index is 749. The van der Waals surface area contributed by atoms with Gasteiger partial charge in [-0.3, -0.25) is 4.99 Å². The minimum absolute atomic E-state index is 0.147. The van der Waals surface area contributed by atoms with Gasteiger partial charge in [0.25, 0.3) is 0 Å². The lowest BCUT2D eigenvalue weighted by Gasteiger charge is -2.32. The van der Waals surface area contributed by atoms with Gasteiger partial charge in [-0.15, -0.1) is 11.3 Å². The molecule has 1 fully saturated rings. The first-order valence-electron chi connectivity index (χ1n) is 9.62. The molecule has 1 saturated heterocycles. The number of guanidine groups is 1. The van der Waals surface area contributed by atoms with Gasteiger partial charge in [0.2, 0.25) is 0 Å². The third kappa shape index (κ3) is 5.30. The van der Waals surface area contributed by atoms with Crippen LogP contribution in [0, 0.1) is 26.7 Å². The summed E-state index contributed by atoms with van der Waals surface area (Å²) in [6.07, 6.45) is 2.42. The monoisotopic (exact) mass is 386 g/mol. The van der Waals surface area contributed by atoms with E-state index in [-0.39, 0.29) is 6.10 Å². The van der Waals surface area contributed by atoms with Crippen LogP contribution in [-0.4, -0.2) is 31.1 Å². The maximum absolute atomic E-state index is 6.12. The van der Waals surface area contributed by atoms with Crippen LogP contribution in [0.5, 0.6) is 0 Å². The highest BCUT2D eigenvalue weighted by Gasteiger charge is 2.27. The molecular weight excluding hydrogens is 356 g/mol. The molecule has 1 aromatic carbocycles. The van der Waals surface area contributed by atoms with E-state index in [1.807, 2.05) is 7.05 Å². The number of aliphatic imine (C=N–C) groups is 1. The topological polar surface area (TPSA) is 58.5 Å². The molecule has 2 N–H and O–H groups in total. The summed E-state index contributed by atoms with van der Waals surface area (Å²) in [4.78, 5) is 10.2. The van der Waals surface area contributed by atoms with Gasteiger partial charge in [-0.1, -0.05) is 29.8 Å². The second kappa shape index (κ2) is 9.33. The Kier molecular flexibility index (Phi) is 6.85. The van der Waals surface area contributed by atoms with Gasteiger partial charge in [0.1, 0.15) is 5.01 Å². The van der Waals surface area contributed by atoms with Crippen LogP contribution < -0.4 is 10.6 Å². The largest absolute Gasteiger partial charge is 0.373 e. The first-order valence-corrected chi connectivity index (χ1v) is 10.4.